The summed E-state index contributed by atoms with van der Waals surface area (Å²) in [6.45, 7) is 5.08. The first-order chi connectivity index (χ1) is 21.7. The van der Waals surface area contributed by atoms with Crippen molar-refractivity contribution in [1.29, 1.82) is 0 Å². The molecule has 2 fully saturated rings. The number of aromatic nitrogens is 1. The highest BCUT2D eigenvalue weighted by Crippen LogP contribution is 2.43. The molecule has 0 radical (unpaired) electrons. The standard InChI is InChI=1S/C33H40F4N4O4/c1-44-24-2-3-29-25(18-24)31(22(20-39-29)21-41-12-14-45-15-13-41)26(35)4-5-33(19-30(42)43)6-9-40(10-7-33)11-8-38-32-27(36)16-23(34)17-28(32)37/h2-3,16-18,20,26,38H,4-15,19,21H2,1H3,(H,42,43). The highest BCUT2D eigenvalue weighted by atomic mass is 19.1. The third-order valence-corrected chi connectivity index (χ3v) is 9.12. The first-order valence-corrected chi connectivity index (χ1v) is 15.4. The van der Waals surface area contributed by atoms with Gasteiger partial charge in [-0.3, -0.25) is 14.7 Å². The van der Waals surface area contributed by atoms with Crippen LogP contribution in [-0.4, -0.2) is 85.5 Å². The zero-order chi connectivity index (χ0) is 32.0. The van der Waals surface area contributed by atoms with Gasteiger partial charge in [-0.1, -0.05) is 0 Å². The molecule has 0 bridgehead atoms. The molecule has 2 saturated heterocycles. The Morgan fingerprint density at radius 2 is 1.80 bits per heavy atom. The highest BCUT2D eigenvalue weighted by molar-refractivity contribution is 5.85. The van der Waals surface area contributed by atoms with Crippen molar-refractivity contribution in [2.45, 2.75) is 44.8 Å². The van der Waals surface area contributed by atoms with Crippen LogP contribution in [0.2, 0.25) is 0 Å². The maximum atomic E-state index is 16.5. The number of alkyl halides is 1. The number of nitrogens with zero attached hydrogens (tertiary/aromatic N) is 3. The third kappa shape index (κ3) is 8.22. The Morgan fingerprint density at radius 1 is 1.09 bits per heavy atom. The molecule has 0 amide bonds. The molecule has 3 aromatic rings. The van der Waals surface area contributed by atoms with Crippen LogP contribution in [0.15, 0.2) is 36.5 Å². The van der Waals surface area contributed by atoms with Gasteiger partial charge in [-0.15, -0.1) is 0 Å². The third-order valence-electron chi connectivity index (χ3n) is 9.12. The summed E-state index contributed by atoms with van der Waals surface area (Å²) < 4.78 is 68.6. The number of likely N-dealkylation sites (tertiary alicyclic amines) is 1. The molecule has 45 heavy (non-hydrogen) atoms. The van der Waals surface area contributed by atoms with Crippen molar-refractivity contribution in [3.05, 3.63) is 65.1 Å². The lowest BCUT2D eigenvalue weighted by Crippen LogP contribution is -2.43. The minimum absolute atomic E-state index is 0.0661. The van der Waals surface area contributed by atoms with Gasteiger partial charge in [0.15, 0.2) is 11.6 Å². The van der Waals surface area contributed by atoms with E-state index in [2.05, 4.69) is 20.1 Å². The van der Waals surface area contributed by atoms with E-state index in [1.807, 2.05) is 12.1 Å². The van der Waals surface area contributed by atoms with Gasteiger partial charge in [-0.25, -0.2) is 17.6 Å². The largest absolute Gasteiger partial charge is 0.497 e. The SMILES string of the molecule is COc1ccc2ncc(CN3CCOCC3)c(C(F)CCC3(CC(=O)O)CCN(CCNc4c(F)cc(F)cc4F)CC3)c2c1. The summed E-state index contributed by atoms with van der Waals surface area (Å²) in [6.07, 6.45) is 1.99. The molecule has 2 aliphatic rings. The summed E-state index contributed by atoms with van der Waals surface area (Å²) in [5.74, 6) is -3.30. The maximum Gasteiger partial charge on any atom is 0.303 e. The van der Waals surface area contributed by atoms with Crippen molar-refractivity contribution in [1.82, 2.24) is 14.8 Å². The number of benzene rings is 2. The van der Waals surface area contributed by atoms with Crippen LogP contribution in [0.5, 0.6) is 5.75 Å². The zero-order valence-electron chi connectivity index (χ0n) is 25.5. The number of carbonyl (C=O) groups is 1. The van der Waals surface area contributed by atoms with Crippen molar-refractivity contribution < 1.29 is 36.9 Å². The lowest BCUT2D eigenvalue weighted by molar-refractivity contribution is -0.141. The lowest BCUT2D eigenvalue weighted by Gasteiger charge is -2.41. The number of carboxylic acid groups (broad SMARTS) is 1. The molecule has 8 nitrogen and oxygen atoms in total. The monoisotopic (exact) mass is 632 g/mol. The minimum atomic E-state index is -1.34. The van der Waals surface area contributed by atoms with Gasteiger partial charge in [0.25, 0.3) is 0 Å². The molecule has 0 spiro atoms. The number of methoxy groups -OCH3 is 1. The fraction of sp³-hybridized carbons (Fsp3) is 0.515. The van der Waals surface area contributed by atoms with Gasteiger partial charge in [-0.05, 0) is 68.0 Å². The van der Waals surface area contributed by atoms with Gasteiger partial charge in [-0.2, -0.15) is 0 Å². The summed E-state index contributed by atoms with van der Waals surface area (Å²) in [7, 11) is 1.57. The van der Waals surface area contributed by atoms with E-state index in [-0.39, 0.29) is 25.1 Å². The van der Waals surface area contributed by atoms with E-state index < -0.39 is 35.0 Å². The van der Waals surface area contributed by atoms with Crippen molar-refractivity contribution in [2.75, 3.05) is 64.9 Å². The predicted molar refractivity (Wildman–Crippen MR) is 163 cm³/mol. The van der Waals surface area contributed by atoms with E-state index in [0.29, 0.717) is 93.0 Å². The second-order valence-corrected chi connectivity index (χ2v) is 12.1. The fourth-order valence-corrected chi connectivity index (χ4v) is 6.57. The topological polar surface area (TPSA) is 87.2 Å². The van der Waals surface area contributed by atoms with Crippen LogP contribution >= 0.6 is 0 Å². The Kier molecular flexibility index (Phi) is 10.8. The molecule has 1 atom stereocenters. The Balaban J connectivity index is 1.27. The van der Waals surface area contributed by atoms with E-state index in [1.54, 1.807) is 19.4 Å². The molecule has 1 aromatic heterocycles. The average molecular weight is 633 g/mol. The molecule has 0 saturated carbocycles. The molecule has 12 heteroatoms. The number of halogens is 4. The maximum absolute atomic E-state index is 16.5. The van der Waals surface area contributed by atoms with Crippen molar-refractivity contribution >= 4 is 22.6 Å². The van der Waals surface area contributed by atoms with Crippen LogP contribution < -0.4 is 10.1 Å². The molecule has 3 heterocycles. The number of ether oxygens (including phenoxy) is 2. The van der Waals surface area contributed by atoms with Gasteiger partial charge >= 0.3 is 5.97 Å². The number of anilines is 1. The zero-order valence-corrected chi connectivity index (χ0v) is 25.5. The second kappa shape index (κ2) is 14.7. The predicted octanol–water partition coefficient (Wildman–Crippen LogP) is 5.95. The molecule has 0 aliphatic carbocycles. The van der Waals surface area contributed by atoms with Crippen molar-refractivity contribution in [3.63, 3.8) is 0 Å². The van der Waals surface area contributed by atoms with Gasteiger partial charge < -0.3 is 24.8 Å². The molecule has 5 rings (SSSR count). The molecule has 2 aliphatic heterocycles. The summed E-state index contributed by atoms with van der Waals surface area (Å²) >= 11 is 0. The van der Waals surface area contributed by atoms with E-state index in [4.69, 9.17) is 9.47 Å². The Morgan fingerprint density at radius 3 is 2.47 bits per heavy atom. The number of morpholine rings is 1. The van der Waals surface area contributed by atoms with Gasteiger partial charge in [0.2, 0.25) is 0 Å². The molecular weight excluding hydrogens is 592 g/mol. The summed E-state index contributed by atoms with van der Waals surface area (Å²) in [5.41, 5.74) is 1.08. The second-order valence-electron chi connectivity index (χ2n) is 12.1. The van der Waals surface area contributed by atoms with Crippen LogP contribution in [0, 0.1) is 22.9 Å². The molecule has 2 N–H and O–H groups in total. The minimum Gasteiger partial charge on any atom is -0.497 e. The number of fused-ring (bicyclic) bond motifs is 1. The molecule has 1 unspecified atom stereocenters. The number of carboxylic acids is 1. The number of hydrogen-bond donors (Lipinski definition) is 2. The number of pyridine rings is 1. The fourth-order valence-electron chi connectivity index (χ4n) is 6.57. The summed E-state index contributed by atoms with van der Waals surface area (Å²) in [6, 6.07) is 6.68. The van der Waals surface area contributed by atoms with Crippen LogP contribution in [-0.2, 0) is 16.1 Å². The summed E-state index contributed by atoms with van der Waals surface area (Å²) in [4.78, 5) is 20.9. The Bertz CT molecular complexity index is 1460. The molecule has 244 valence electrons. The quantitative estimate of drug-likeness (QED) is 0.224. The molecule has 2 aromatic carbocycles. The molecular formula is C33H40F4N4O4. The van der Waals surface area contributed by atoms with E-state index in [0.717, 1.165) is 18.7 Å². The average Bonchev–Trinajstić information content (AvgIpc) is 3.02. The Labute approximate surface area is 260 Å². The number of aliphatic carboxylic acids is 1. The van der Waals surface area contributed by atoms with Crippen molar-refractivity contribution in [3.8, 4) is 5.75 Å². The van der Waals surface area contributed by atoms with E-state index in [9.17, 15) is 23.1 Å². The first kappa shape index (κ1) is 32.9. The van der Waals surface area contributed by atoms with Gasteiger partial charge in [0, 0.05) is 62.0 Å². The Hall–Kier alpha value is -3.48. The van der Waals surface area contributed by atoms with Gasteiger partial charge in [0.05, 0.1) is 32.3 Å². The van der Waals surface area contributed by atoms with Crippen LogP contribution in [0.25, 0.3) is 10.9 Å². The van der Waals surface area contributed by atoms with Crippen molar-refractivity contribution in [2.24, 2.45) is 5.41 Å². The normalized spacial score (nSPS) is 18.2. The van der Waals surface area contributed by atoms with E-state index >= 15 is 4.39 Å². The lowest BCUT2D eigenvalue weighted by atomic mass is 9.71. The smallest absolute Gasteiger partial charge is 0.303 e. The number of rotatable bonds is 13. The van der Waals surface area contributed by atoms with E-state index in [1.165, 1.54) is 0 Å². The number of hydrogen-bond acceptors (Lipinski definition) is 7. The van der Waals surface area contributed by atoms with Gasteiger partial charge in [0.1, 0.15) is 23.4 Å². The highest BCUT2D eigenvalue weighted by Gasteiger charge is 2.37. The summed E-state index contributed by atoms with van der Waals surface area (Å²) in [5, 5.41) is 13.2. The van der Waals surface area contributed by atoms with Crippen LogP contribution in [0.4, 0.5) is 23.2 Å². The van der Waals surface area contributed by atoms with Crippen LogP contribution in [0.3, 0.4) is 0 Å². The number of piperidine rings is 1. The number of nitrogens with one attached hydrogen (secondary N) is 1. The first-order valence-electron chi connectivity index (χ1n) is 15.4. The van der Waals surface area contributed by atoms with Crippen LogP contribution in [0.1, 0.15) is 49.4 Å².